The van der Waals surface area contributed by atoms with Crippen LogP contribution in [0.2, 0.25) is 0 Å². The Morgan fingerprint density at radius 1 is 1.22 bits per heavy atom. The Morgan fingerprint density at radius 3 is 2.74 bits per heavy atom. The number of fused-ring (bicyclic) bond motifs is 1. The van der Waals surface area contributed by atoms with Crippen molar-refractivity contribution in [3.8, 4) is 0 Å². The predicted molar refractivity (Wildman–Crippen MR) is 111 cm³/mol. The summed E-state index contributed by atoms with van der Waals surface area (Å²) in [6.07, 6.45) is 1.93. The highest BCUT2D eigenvalue weighted by Gasteiger charge is 2.12. The third kappa shape index (κ3) is 4.75. The molecule has 0 saturated heterocycles. The van der Waals surface area contributed by atoms with Crippen molar-refractivity contribution in [1.82, 2.24) is 20.4 Å². The number of amides is 2. The van der Waals surface area contributed by atoms with Gasteiger partial charge in [-0.1, -0.05) is 0 Å². The molecule has 0 aliphatic heterocycles. The highest BCUT2D eigenvalue weighted by Crippen LogP contribution is 2.23. The molecule has 0 spiro atoms. The molecule has 142 valence electrons. The van der Waals surface area contributed by atoms with Gasteiger partial charge in [0.2, 0.25) is 5.91 Å². The lowest BCUT2D eigenvalue weighted by Gasteiger charge is -2.07. The summed E-state index contributed by atoms with van der Waals surface area (Å²) in [5.41, 5.74) is 7.19. The SMILES string of the molecule is CCn1c(C)nc2cc(C(=O)NNC(=O)CCCc3ccc(Br)s3)ccc21. The van der Waals surface area contributed by atoms with Crippen LogP contribution < -0.4 is 10.9 Å². The second-order valence-corrected chi connectivity index (χ2v) is 8.72. The number of hydrogen-bond acceptors (Lipinski definition) is 4. The van der Waals surface area contributed by atoms with E-state index < -0.39 is 0 Å². The maximum Gasteiger partial charge on any atom is 0.269 e. The van der Waals surface area contributed by atoms with E-state index in [-0.39, 0.29) is 11.8 Å². The molecule has 3 aromatic rings. The summed E-state index contributed by atoms with van der Waals surface area (Å²) in [7, 11) is 0. The second-order valence-electron chi connectivity index (χ2n) is 6.17. The fourth-order valence-corrected chi connectivity index (χ4v) is 4.49. The van der Waals surface area contributed by atoms with E-state index in [9.17, 15) is 9.59 Å². The summed E-state index contributed by atoms with van der Waals surface area (Å²) in [5.74, 6) is 0.360. The molecule has 2 amide bonds. The number of carbonyl (C=O) groups is 2. The van der Waals surface area contributed by atoms with Gasteiger partial charge in [-0.3, -0.25) is 20.4 Å². The van der Waals surface area contributed by atoms with Gasteiger partial charge in [0, 0.05) is 23.4 Å². The lowest BCUT2D eigenvalue weighted by molar-refractivity contribution is -0.121. The standard InChI is InChI=1S/C19H21BrN4O2S/c1-3-24-12(2)21-15-11-13(7-9-16(15)24)19(26)23-22-18(25)6-4-5-14-8-10-17(20)27-14/h7-11H,3-6H2,1-2H3,(H,22,25)(H,23,26). The molecule has 1 aromatic carbocycles. The van der Waals surface area contributed by atoms with Crippen molar-refractivity contribution in [3.05, 3.63) is 50.4 Å². The summed E-state index contributed by atoms with van der Waals surface area (Å²) in [4.78, 5) is 29.9. The first-order valence-corrected chi connectivity index (χ1v) is 10.4. The lowest BCUT2D eigenvalue weighted by Crippen LogP contribution is -2.41. The molecule has 0 saturated carbocycles. The number of benzene rings is 1. The maximum atomic E-state index is 12.3. The number of imidazole rings is 1. The third-order valence-electron chi connectivity index (χ3n) is 4.29. The number of thiophene rings is 1. The fourth-order valence-electron chi connectivity index (χ4n) is 2.96. The Kier molecular flexibility index (Phi) is 6.28. The predicted octanol–water partition coefficient (Wildman–Crippen LogP) is 3.97. The van der Waals surface area contributed by atoms with Crippen LogP contribution >= 0.6 is 27.3 Å². The van der Waals surface area contributed by atoms with Gasteiger partial charge < -0.3 is 4.57 Å². The quantitative estimate of drug-likeness (QED) is 0.560. The highest BCUT2D eigenvalue weighted by atomic mass is 79.9. The fraction of sp³-hybridized carbons (Fsp3) is 0.316. The maximum absolute atomic E-state index is 12.3. The van der Waals surface area contributed by atoms with Gasteiger partial charge in [0.25, 0.3) is 5.91 Å². The number of nitrogens with zero attached hydrogens (tertiary/aromatic N) is 2. The summed E-state index contributed by atoms with van der Waals surface area (Å²) in [5, 5.41) is 0. The van der Waals surface area contributed by atoms with Crippen LogP contribution in [-0.4, -0.2) is 21.4 Å². The van der Waals surface area contributed by atoms with Gasteiger partial charge >= 0.3 is 0 Å². The summed E-state index contributed by atoms with van der Waals surface area (Å²) in [6, 6.07) is 9.42. The molecule has 0 bridgehead atoms. The van der Waals surface area contributed by atoms with Gasteiger partial charge in [-0.2, -0.15) is 0 Å². The monoisotopic (exact) mass is 448 g/mol. The van der Waals surface area contributed by atoms with Crippen LogP contribution in [0.15, 0.2) is 34.1 Å². The minimum absolute atomic E-state index is 0.203. The highest BCUT2D eigenvalue weighted by molar-refractivity contribution is 9.11. The molecule has 8 heteroatoms. The number of hydrazine groups is 1. The first-order chi connectivity index (χ1) is 13.0. The molecule has 0 fully saturated rings. The molecule has 0 aliphatic carbocycles. The van der Waals surface area contributed by atoms with Crippen molar-refractivity contribution in [3.63, 3.8) is 0 Å². The zero-order valence-electron chi connectivity index (χ0n) is 15.2. The van der Waals surface area contributed by atoms with E-state index in [2.05, 4.69) is 43.3 Å². The largest absolute Gasteiger partial charge is 0.329 e. The topological polar surface area (TPSA) is 76.0 Å². The van der Waals surface area contributed by atoms with Crippen LogP contribution in [0.4, 0.5) is 0 Å². The number of aryl methyl sites for hydroxylation is 3. The van der Waals surface area contributed by atoms with E-state index in [0.29, 0.717) is 12.0 Å². The minimum Gasteiger partial charge on any atom is -0.329 e. The Hall–Kier alpha value is -2.19. The Balaban J connectivity index is 1.51. The van der Waals surface area contributed by atoms with Crippen molar-refractivity contribution in [2.24, 2.45) is 0 Å². The van der Waals surface area contributed by atoms with E-state index in [1.807, 2.05) is 25.1 Å². The third-order valence-corrected chi connectivity index (χ3v) is 5.97. The molecule has 0 unspecified atom stereocenters. The smallest absolute Gasteiger partial charge is 0.269 e. The molecule has 0 atom stereocenters. The van der Waals surface area contributed by atoms with Crippen molar-refractivity contribution >= 4 is 50.1 Å². The summed E-state index contributed by atoms with van der Waals surface area (Å²) < 4.78 is 3.18. The molecule has 6 nitrogen and oxygen atoms in total. The number of hydrogen-bond donors (Lipinski definition) is 2. The van der Waals surface area contributed by atoms with Crippen molar-refractivity contribution in [2.45, 2.75) is 39.7 Å². The molecule has 2 aromatic heterocycles. The number of carbonyl (C=O) groups excluding carboxylic acids is 2. The van der Waals surface area contributed by atoms with E-state index in [1.54, 1.807) is 23.5 Å². The summed E-state index contributed by atoms with van der Waals surface area (Å²) in [6.45, 7) is 4.83. The van der Waals surface area contributed by atoms with Crippen molar-refractivity contribution in [2.75, 3.05) is 0 Å². The van der Waals surface area contributed by atoms with Gasteiger partial charge in [-0.05, 0) is 73.0 Å². The Morgan fingerprint density at radius 2 is 2.04 bits per heavy atom. The zero-order valence-corrected chi connectivity index (χ0v) is 17.6. The van der Waals surface area contributed by atoms with Crippen LogP contribution in [0.1, 0.15) is 40.8 Å². The van der Waals surface area contributed by atoms with Crippen LogP contribution in [-0.2, 0) is 17.8 Å². The van der Waals surface area contributed by atoms with Crippen LogP contribution in [0.3, 0.4) is 0 Å². The van der Waals surface area contributed by atoms with Crippen molar-refractivity contribution in [1.29, 1.82) is 0 Å². The van der Waals surface area contributed by atoms with E-state index in [1.165, 1.54) is 4.88 Å². The van der Waals surface area contributed by atoms with Crippen LogP contribution in [0.25, 0.3) is 11.0 Å². The van der Waals surface area contributed by atoms with Gasteiger partial charge in [0.05, 0.1) is 14.8 Å². The van der Waals surface area contributed by atoms with E-state index in [4.69, 9.17) is 0 Å². The minimum atomic E-state index is -0.351. The van der Waals surface area contributed by atoms with Crippen LogP contribution in [0.5, 0.6) is 0 Å². The average Bonchev–Trinajstić information content (AvgIpc) is 3.20. The molecule has 3 rings (SSSR count). The lowest BCUT2D eigenvalue weighted by atomic mass is 10.2. The molecule has 2 heterocycles. The number of rotatable bonds is 6. The molecular formula is C19H21BrN4O2S. The van der Waals surface area contributed by atoms with Crippen molar-refractivity contribution < 1.29 is 9.59 Å². The van der Waals surface area contributed by atoms with Gasteiger partial charge in [0.15, 0.2) is 0 Å². The number of nitrogens with one attached hydrogen (secondary N) is 2. The second kappa shape index (κ2) is 8.67. The Bertz CT molecular complexity index is 979. The first-order valence-electron chi connectivity index (χ1n) is 8.78. The van der Waals surface area contributed by atoms with Crippen LogP contribution in [0, 0.1) is 6.92 Å². The molecular weight excluding hydrogens is 428 g/mol. The average molecular weight is 449 g/mol. The normalized spacial score (nSPS) is 10.9. The first kappa shape index (κ1) is 19.6. The molecule has 0 radical (unpaired) electrons. The zero-order chi connectivity index (χ0) is 19.4. The van der Waals surface area contributed by atoms with Gasteiger partial charge in [-0.15, -0.1) is 11.3 Å². The number of halogens is 1. The summed E-state index contributed by atoms with van der Waals surface area (Å²) >= 11 is 5.09. The molecule has 27 heavy (non-hydrogen) atoms. The number of aromatic nitrogens is 2. The van der Waals surface area contributed by atoms with Gasteiger partial charge in [-0.25, -0.2) is 4.98 Å². The van der Waals surface area contributed by atoms with E-state index in [0.717, 1.165) is 40.0 Å². The van der Waals surface area contributed by atoms with Gasteiger partial charge in [0.1, 0.15) is 5.82 Å². The Labute approximate surface area is 170 Å². The molecule has 2 N–H and O–H groups in total. The molecule has 0 aliphatic rings. The van der Waals surface area contributed by atoms with E-state index >= 15 is 0 Å².